The molecule has 1 saturated heterocycles. The first-order chi connectivity index (χ1) is 13.6. The molecule has 2 N–H and O–H groups in total. The fraction of sp³-hybridized carbons (Fsp3) is 0.300. The molecule has 1 amide bonds. The van der Waals surface area contributed by atoms with E-state index < -0.39 is 4.92 Å². The number of nitrogens with one attached hydrogen (secondary N) is 2. The summed E-state index contributed by atoms with van der Waals surface area (Å²) >= 11 is 0. The number of rotatable bonds is 7. The molecule has 1 fully saturated rings. The maximum Gasteiger partial charge on any atom is 0.278 e. The highest BCUT2D eigenvalue weighted by molar-refractivity contribution is 5.86. The number of amides is 1. The zero-order valence-corrected chi connectivity index (χ0v) is 15.6. The molecule has 0 bridgehead atoms. The molecule has 28 heavy (non-hydrogen) atoms. The third kappa shape index (κ3) is 5.37. The molecule has 8 nitrogen and oxygen atoms in total. The normalized spacial score (nSPS) is 14.9. The molecule has 8 heteroatoms. The summed E-state index contributed by atoms with van der Waals surface area (Å²) in [7, 11) is 0. The molecule has 146 valence electrons. The van der Waals surface area contributed by atoms with E-state index in [0.29, 0.717) is 12.0 Å². The van der Waals surface area contributed by atoms with Crippen LogP contribution in [0.4, 0.5) is 11.4 Å². The molecule has 1 aliphatic rings. The van der Waals surface area contributed by atoms with Gasteiger partial charge in [0.1, 0.15) is 0 Å². The fourth-order valence-electron chi connectivity index (χ4n) is 3.25. The van der Waals surface area contributed by atoms with E-state index >= 15 is 0 Å². The van der Waals surface area contributed by atoms with Crippen LogP contribution < -0.4 is 15.2 Å². The van der Waals surface area contributed by atoms with Crippen LogP contribution in [0.5, 0.6) is 0 Å². The van der Waals surface area contributed by atoms with E-state index in [2.05, 4.69) is 27.6 Å². The average molecular weight is 382 g/mol. The molecule has 2 aromatic carbocycles. The number of benzene rings is 2. The third-order valence-corrected chi connectivity index (χ3v) is 4.82. The van der Waals surface area contributed by atoms with E-state index in [9.17, 15) is 14.9 Å². The number of quaternary nitrogens is 1. The Morgan fingerprint density at radius 2 is 1.82 bits per heavy atom. The Kier molecular flexibility index (Phi) is 6.69. The monoisotopic (exact) mass is 382 g/mol. The molecule has 3 rings (SSSR count). The van der Waals surface area contributed by atoms with Crippen molar-refractivity contribution in [1.29, 1.82) is 0 Å². The van der Waals surface area contributed by atoms with Gasteiger partial charge in [0.05, 0.1) is 55.8 Å². The number of piperazine rings is 1. The molecule has 0 radical (unpaired) electrons. The van der Waals surface area contributed by atoms with E-state index in [0.717, 1.165) is 32.7 Å². The Balaban J connectivity index is 1.40. The van der Waals surface area contributed by atoms with Crippen molar-refractivity contribution in [3.8, 4) is 0 Å². The van der Waals surface area contributed by atoms with Crippen LogP contribution in [-0.2, 0) is 4.79 Å². The summed E-state index contributed by atoms with van der Waals surface area (Å²) < 4.78 is 0. The minimum absolute atomic E-state index is 0.0405. The zero-order chi connectivity index (χ0) is 19.8. The largest absolute Gasteiger partial charge is 0.360 e. The van der Waals surface area contributed by atoms with E-state index in [1.165, 1.54) is 22.9 Å². The minimum Gasteiger partial charge on any atom is -0.360 e. The lowest BCUT2D eigenvalue weighted by molar-refractivity contribution is -0.900. The summed E-state index contributed by atoms with van der Waals surface area (Å²) in [4.78, 5) is 26.2. The number of hydrogen-bond acceptors (Lipinski definition) is 5. The molecule has 0 aliphatic carbocycles. The lowest BCUT2D eigenvalue weighted by Crippen LogP contribution is -3.15. The number of carbonyl (C=O) groups excluding carboxylic acids is 1. The van der Waals surface area contributed by atoms with Crippen molar-refractivity contribution >= 4 is 23.5 Å². The van der Waals surface area contributed by atoms with Crippen molar-refractivity contribution in [2.75, 3.05) is 37.6 Å². The summed E-state index contributed by atoms with van der Waals surface area (Å²) in [6.07, 6.45) is 1.68. The number of hydrazone groups is 1. The summed E-state index contributed by atoms with van der Waals surface area (Å²) in [5.74, 6) is -0.187. The molecule has 1 heterocycles. The summed E-state index contributed by atoms with van der Waals surface area (Å²) in [6.45, 7) is 4.66. The predicted octanol–water partition coefficient (Wildman–Crippen LogP) is 0.840. The van der Waals surface area contributed by atoms with Gasteiger partial charge in [-0.1, -0.05) is 30.3 Å². The topological polar surface area (TPSA) is 92.3 Å². The van der Waals surface area contributed by atoms with Crippen LogP contribution in [0.2, 0.25) is 0 Å². The van der Waals surface area contributed by atoms with Crippen molar-refractivity contribution in [3.05, 3.63) is 70.3 Å². The highest BCUT2D eigenvalue weighted by atomic mass is 16.6. The Hall–Kier alpha value is -3.26. The van der Waals surface area contributed by atoms with Gasteiger partial charge >= 0.3 is 0 Å². The first kappa shape index (κ1) is 19.5. The van der Waals surface area contributed by atoms with Gasteiger partial charge in [-0.05, 0) is 18.2 Å². The second-order valence-electron chi connectivity index (χ2n) is 6.68. The van der Waals surface area contributed by atoms with Gasteiger partial charge in [0, 0.05) is 11.8 Å². The van der Waals surface area contributed by atoms with Crippen molar-refractivity contribution in [2.24, 2.45) is 5.10 Å². The molecule has 0 spiro atoms. The summed E-state index contributed by atoms with van der Waals surface area (Å²) in [5, 5.41) is 14.8. The predicted molar refractivity (Wildman–Crippen MR) is 108 cm³/mol. The average Bonchev–Trinajstić information content (AvgIpc) is 2.73. The van der Waals surface area contributed by atoms with E-state index in [4.69, 9.17) is 0 Å². The molecule has 0 saturated carbocycles. The minimum atomic E-state index is -0.471. The standard InChI is InChI=1S/C20H23N5O3/c26-20(22-21-16-17-6-4-5-9-19(17)25(27)28)10-11-23-12-14-24(15-13-23)18-7-2-1-3-8-18/h1-9,16H,10-15H2,(H,22,26)/p+1/b21-16-. The van der Waals surface area contributed by atoms with E-state index in [1.807, 2.05) is 18.2 Å². The number of nitrogens with zero attached hydrogens (tertiary/aromatic N) is 3. The van der Waals surface area contributed by atoms with Crippen LogP contribution in [0.25, 0.3) is 0 Å². The van der Waals surface area contributed by atoms with Crippen LogP contribution in [0, 0.1) is 10.1 Å². The second kappa shape index (κ2) is 9.61. The number of nitro groups is 1. The van der Waals surface area contributed by atoms with E-state index in [-0.39, 0.29) is 11.6 Å². The van der Waals surface area contributed by atoms with Crippen molar-refractivity contribution < 1.29 is 14.6 Å². The molecule has 2 aromatic rings. The molecule has 0 unspecified atom stereocenters. The van der Waals surface area contributed by atoms with Crippen molar-refractivity contribution in [1.82, 2.24) is 5.43 Å². The number of carbonyl (C=O) groups is 1. The Labute approximate surface area is 163 Å². The highest BCUT2D eigenvalue weighted by Crippen LogP contribution is 2.15. The molecule has 0 atom stereocenters. The second-order valence-corrected chi connectivity index (χ2v) is 6.68. The Morgan fingerprint density at radius 1 is 1.14 bits per heavy atom. The molecular formula is C20H24N5O3+. The van der Waals surface area contributed by atoms with E-state index in [1.54, 1.807) is 18.2 Å². The van der Waals surface area contributed by atoms with Crippen LogP contribution >= 0.6 is 0 Å². The smallest absolute Gasteiger partial charge is 0.278 e. The zero-order valence-electron chi connectivity index (χ0n) is 15.6. The van der Waals surface area contributed by atoms with Crippen LogP contribution in [-0.4, -0.2) is 49.8 Å². The van der Waals surface area contributed by atoms with Crippen molar-refractivity contribution in [2.45, 2.75) is 6.42 Å². The number of anilines is 1. The highest BCUT2D eigenvalue weighted by Gasteiger charge is 2.20. The van der Waals surface area contributed by atoms with Crippen LogP contribution in [0.1, 0.15) is 12.0 Å². The van der Waals surface area contributed by atoms with Gasteiger partial charge in [0.2, 0.25) is 5.91 Å². The maximum atomic E-state index is 12.0. The Morgan fingerprint density at radius 3 is 2.54 bits per heavy atom. The lowest BCUT2D eigenvalue weighted by atomic mass is 10.2. The molecule has 0 aromatic heterocycles. The molecule has 1 aliphatic heterocycles. The Bertz CT molecular complexity index is 833. The summed E-state index contributed by atoms with van der Waals surface area (Å²) in [5.41, 5.74) is 4.01. The first-order valence-electron chi connectivity index (χ1n) is 9.32. The lowest BCUT2D eigenvalue weighted by Gasteiger charge is -2.33. The fourth-order valence-corrected chi connectivity index (χ4v) is 3.25. The van der Waals surface area contributed by atoms with Gasteiger partial charge in [-0.3, -0.25) is 14.9 Å². The van der Waals surface area contributed by atoms with Gasteiger partial charge in [-0.2, -0.15) is 5.10 Å². The quantitative estimate of drug-likeness (QED) is 0.422. The van der Waals surface area contributed by atoms with Crippen molar-refractivity contribution in [3.63, 3.8) is 0 Å². The van der Waals surface area contributed by atoms with Gasteiger partial charge in [0.25, 0.3) is 5.69 Å². The molecular weight excluding hydrogens is 358 g/mol. The van der Waals surface area contributed by atoms with Gasteiger partial charge in [-0.25, -0.2) is 5.43 Å². The number of para-hydroxylation sites is 2. The van der Waals surface area contributed by atoms with Gasteiger partial charge in [0.15, 0.2) is 0 Å². The maximum absolute atomic E-state index is 12.0. The summed E-state index contributed by atoms with van der Waals surface area (Å²) in [6, 6.07) is 16.6. The van der Waals surface area contributed by atoms with Crippen LogP contribution in [0.3, 0.4) is 0 Å². The van der Waals surface area contributed by atoms with Crippen LogP contribution in [0.15, 0.2) is 59.7 Å². The number of nitro benzene ring substituents is 1. The number of hydrogen-bond donors (Lipinski definition) is 2. The third-order valence-electron chi connectivity index (χ3n) is 4.82. The van der Waals surface area contributed by atoms with Gasteiger partial charge in [-0.15, -0.1) is 0 Å². The SMILES string of the molecule is O=C(CC[NH+]1CCN(c2ccccc2)CC1)N/N=C\c1ccccc1[N+](=O)[O-]. The first-order valence-corrected chi connectivity index (χ1v) is 9.32. The van der Waals surface area contributed by atoms with Gasteiger partial charge < -0.3 is 9.80 Å².